The van der Waals surface area contributed by atoms with Gasteiger partial charge in [0.2, 0.25) is 11.8 Å². The molecule has 1 aromatic rings. The van der Waals surface area contributed by atoms with E-state index < -0.39 is 17.9 Å². The lowest BCUT2D eigenvalue weighted by molar-refractivity contribution is -0.126. The lowest BCUT2D eigenvalue weighted by Gasteiger charge is -2.06. The molecule has 0 heterocycles. The van der Waals surface area contributed by atoms with E-state index in [0.29, 0.717) is 0 Å². The summed E-state index contributed by atoms with van der Waals surface area (Å²) in [6, 6.07) is 7.41. The Morgan fingerprint density at radius 2 is 2.22 bits per heavy atom. The summed E-state index contributed by atoms with van der Waals surface area (Å²) in [5.41, 5.74) is 5.70. The van der Waals surface area contributed by atoms with E-state index in [4.69, 9.17) is 10.8 Å². The summed E-state index contributed by atoms with van der Waals surface area (Å²) in [6.07, 6.45) is 1.57. The Kier molecular flexibility index (Phi) is 5.54. The standard InChI is InChI=1S/C12H13BrN2O3/c13-9-3-1-2-8(6-9)4-5-11(17)15-7-10(16)12(14)18/h1-6,10,16H,7H2,(H2,14,18)(H,15,17)/b5-4+. The second-order valence-electron chi connectivity index (χ2n) is 3.55. The summed E-state index contributed by atoms with van der Waals surface area (Å²) in [4.78, 5) is 21.9. The van der Waals surface area contributed by atoms with E-state index in [2.05, 4.69) is 21.2 Å². The van der Waals surface area contributed by atoms with Crippen molar-refractivity contribution in [2.45, 2.75) is 6.10 Å². The van der Waals surface area contributed by atoms with E-state index >= 15 is 0 Å². The van der Waals surface area contributed by atoms with E-state index in [1.165, 1.54) is 6.08 Å². The first-order valence-corrected chi connectivity index (χ1v) is 5.97. The van der Waals surface area contributed by atoms with Crippen LogP contribution in [0.1, 0.15) is 5.56 Å². The van der Waals surface area contributed by atoms with Gasteiger partial charge in [0.15, 0.2) is 0 Å². The van der Waals surface area contributed by atoms with Crippen LogP contribution in [0.25, 0.3) is 6.08 Å². The van der Waals surface area contributed by atoms with Gasteiger partial charge in [-0.25, -0.2) is 0 Å². The number of amides is 2. The van der Waals surface area contributed by atoms with E-state index in [-0.39, 0.29) is 6.54 Å². The minimum atomic E-state index is -1.37. The molecule has 6 heteroatoms. The van der Waals surface area contributed by atoms with Crippen LogP contribution >= 0.6 is 15.9 Å². The number of rotatable bonds is 5. The van der Waals surface area contributed by atoms with E-state index in [9.17, 15) is 9.59 Å². The molecule has 0 aliphatic rings. The van der Waals surface area contributed by atoms with Gasteiger partial charge in [-0.1, -0.05) is 28.1 Å². The summed E-state index contributed by atoms with van der Waals surface area (Å²) in [5, 5.41) is 11.4. The number of aliphatic hydroxyl groups excluding tert-OH is 1. The van der Waals surface area contributed by atoms with Crippen LogP contribution in [0.2, 0.25) is 0 Å². The maximum absolute atomic E-state index is 11.4. The fraction of sp³-hybridized carbons (Fsp3) is 0.167. The molecule has 0 fully saturated rings. The monoisotopic (exact) mass is 312 g/mol. The number of carbonyl (C=O) groups excluding carboxylic acids is 2. The summed E-state index contributed by atoms with van der Waals surface area (Å²) in [6.45, 7) is -0.197. The summed E-state index contributed by atoms with van der Waals surface area (Å²) in [7, 11) is 0. The van der Waals surface area contributed by atoms with Crippen molar-refractivity contribution in [2.75, 3.05) is 6.54 Å². The number of carbonyl (C=O) groups is 2. The molecule has 0 saturated carbocycles. The summed E-state index contributed by atoms with van der Waals surface area (Å²) < 4.78 is 0.911. The number of nitrogens with two attached hydrogens (primary N) is 1. The maximum Gasteiger partial charge on any atom is 0.248 e. The summed E-state index contributed by atoms with van der Waals surface area (Å²) >= 11 is 3.32. The van der Waals surface area contributed by atoms with Gasteiger partial charge in [-0.05, 0) is 23.8 Å². The third-order valence-corrected chi connectivity index (χ3v) is 2.57. The first kappa shape index (κ1) is 14.4. The summed E-state index contributed by atoms with van der Waals surface area (Å²) in [5.74, 6) is -1.28. The molecule has 1 rings (SSSR count). The fourth-order valence-electron chi connectivity index (χ4n) is 1.14. The van der Waals surface area contributed by atoms with Crippen LogP contribution < -0.4 is 11.1 Å². The van der Waals surface area contributed by atoms with Crippen molar-refractivity contribution >= 4 is 33.8 Å². The smallest absolute Gasteiger partial charge is 0.248 e. The Bertz CT molecular complexity index is 474. The van der Waals surface area contributed by atoms with E-state index in [1.54, 1.807) is 6.08 Å². The van der Waals surface area contributed by atoms with Gasteiger partial charge in [0.25, 0.3) is 0 Å². The molecule has 2 amide bonds. The minimum Gasteiger partial charge on any atom is -0.381 e. The van der Waals surface area contributed by atoms with Crippen molar-refractivity contribution in [1.82, 2.24) is 5.32 Å². The number of primary amides is 1. The maximum atomic E-state index is 11.4. The van der Waals surface area contributed by atoms with Crippen LogP contribution in [0.5, 0.6) is 0 Å². The fourth-order valence-corrected chi connectivity index (χ4v) is 1.56. The number of benzene rings is 1. The Morgan fingerprint density at radius 1 is 1.50 bits per heavy atom. The van der Waals surface area contributed by atoms with Crippen LogP contribution in [-0.4, -0.2) is 29.6 Å². The lowest BCUT2D eigenvalue weighted by Crippen LogP contribution is -2.39. The number of halogens is 1. The van der Waals surface area contributed by atoms with E-state index in [0.717, 1.165) is 10.0 Å². The minimum absolute atomic E-state index is 0.197. The molecule has 5 nitrogen and oxygen atoms in total. The highest BCUT2D eigenvalue weighted by Crippen LogP contribution is 2.12. The Hall–Kier alpha value is -1.66. The highest BCUT2D eigenvalue weighted by atomic mass is 79.9. The van der Waals surface area contributed by atoms with Crippen LogP contribution in [0, 0.1) is 0 Å². The second-order valence-corrected chi connectivity index (χ2v) is 4.47. The normalized spacial score (nSPS) is 12.3. The Labute approximate surface area is 113 Å². The highest BCUT2D eigenvalue weighted by molar-refractivity contribution is 9.10. The highest BCUT2D eigenvalue weighted by Gasteiger charge is 2.10. The number of hydrogen-bond acceptors (Lipinski definition) is 3. The van der Waals surface area contributed by atoms with Crippen molar-refractivity contribution in [3.05, 3.63) is 40.4 Å². The molecule has 0 spiro atoms. The Morgan fingerprint density at radius 3 is 2.83 bits per heavy atom. The Balaban J connectivity index is 2.47. The number of hydrogen-bond donors (Lipinski definition) is 3. The van der Waals surface area contributed by atoms with Gasteiger partial charge in [0, 0.05) is 10.5 Å². The van der Waals surface area contributed by atoms with Crippen molar-refractivity contribution in [3.8, 4) is 0 Å². The molecule has 96 valence electrons. The zero-order valence-corrected chi connectivity index (χ0v) is 11.1. The largest absolute Gasteiger partial charge is 0.381 e. The van der Waals surface area contributed by atoms with Gasteiger partial charge in [0.05, 0.1) is 6.54 Å². The molecule has 1 aromatic carbocycles. The van der Waals surface area contributed by atoms with Gasteiger partial charge >= 0.3 is 0 Å². The molecule has 18 heavy (non-hydrogen) atoms. The molecule has 1 atom stereocenters. The van der Waals surface area contributed by atoms with Gasteiger partial charge in [-0.15, -0.1) is 0 Å². The van der Waals surface area contributed by atoms with Crippen LogP contribution in [-0.2, 0) is 9.59 Å². The quantitative estimate of drug-likeness (QED) is 0.688. The predicted molar refractivity (Wildman–Crippen MR) is 71.4 cm³/mol. The molecule has 0 aliphatic heterocycles. The van der Waals surface area contributed by atoms with Crippen LogP contribution in [0.3, 0.4) is 0 Å². The average Bonchev–Trinajstić information content (AvgIpc) is 2.33. The molecule has 1 unspecified atom stereocenters. The molecule has 0 bridgehead atoms. The zero-order chi connectivity index (χ0) is 13.5. The van der Waals surface area contributed by atoms with Gasteiger partial charge in [-0.3, -0.25) is 9.59 Å². The average molecular weight is 313 g/mol. The second kappa shape index (κ2) is 6.93. The molecule has 0 saturated heterocycles. The zero-order valence-electron chi connectivity index (χ0n) is 9.47. The molecule has 0 aliphatic carbocycles. The molecular weight excluding hydrogens is 300 g/mol. The lowest BCUT2D eigenvalue weighted by atomic mass is 10.2. The SMILES string of the molecule is NC(=O)C(O)CNC(=O)/C=C/c1cccc(Br)c1. The molecule has 0 aromatic heterocycles. The van der Waals surface area contributed by atoms with Gasteiger partial charge in [-0.2, -0.15) is 0 Å². The van der Waals surface area contributed by atoms with Crippen LogP contribution in [0.15, 0.2) is 34.8 Å². The topological polar surface area (TPSA) is 92.4 Å². The molecular formula is C12H13BrN2O3. The first-order valence-electron chi connectivity index (χ1n) is 5.18. The van der Waals surface area contributed by atoms with E-state index in [1.807, 2.05) is 24.3 Å². The first-order chi connectivity index (χ1) is 8.49. The van der Waals surface area contributed by atoms with Crippen molar-refractivity contribution in [2.24, 2.45) is 5.73 Å². The third-order valence-electron chi connectivity index (χ3n) is 2.07. The molecule has 0 radical (unpaired) electrons. The van der Waals surface area contributed by atoms with Crippen molar-refractivity contribution < 1.29 is 14.7 Å². The third kappa shape index (κ3) is 5.11. The van der Waals surface area contributed by atoms with Crippen LogP contribution in [0.4, 0.5) is 0 Å². The van der Waals surface area contributed by atoms with Crippen molar-refractivity contribution in [3.63, 3.8) is 0 Å². The number of aliphatic hydroxyl groups is 1. The van der Waals surface area contributed by atoms with Gasteiger partial charge in [0.1, 0.15) is 6.10 Å². The van der Waals surface area contributed by atoms with Gasteiger partial charge < -0.3 is 16.2 Å². The number of nitrogens with one attached hydrogen (secondary N) is 1. The van der Waals surface area contributed by atoms with Crippen molar-refractivity contribution in [1.29, 1.82) is 0 Å². The molecule has 4 N–H and O–H groups in total. The predicted octanol–water partition coefficient (Wildman–Crippen LogP) is 0.425.